The predicted octanol–water partition coefficient (Wildman–Crippen LogP) is 3.42. The molecule has 0 aliphatic carbocycles. The molecule has 1 aromatic heterocycles. The molecule has 0 spiro atoms. The zero-order valence-electron chi connectivity index (χ0n) is 15.3. The van der Waals surface area contributed by atoms with E-state index in [1.165, 1.54) is 0 Å². The van der Waals surface area contributed by atoms with E-state index in [2.05, 4.69) is 10.3 Å². The van der Waals surface area contributed by atoms with Crippen molar-refractivity contribution in [2.45, 2.75) is 45.6 Å². The Hall–Kier alpha value is -1.37. The van der Waals surface area contributed by atoms with E-state index in [0.29, 0.717) is 30.3 Å². The van der Waals surface area contributed by atoms with Crippen molar-refractivity contribution in [3.63, 3.8) is 0 Å². The molecule has 1 heterocycles. The highest BCUT2D eigenvalue weighted by atomic mass is 35.5. The first kappa shape index (κ1) is 24.6. The summed E-state index contributed by atoms with van der Waals surface area (Å²) < 4.78 is 5.74. The maximum Gasteiger partial charge on any atom is 0.143 e. The molecule has 7 heteroatoms. The molecule has 2 aromatic rings. The number of rotatable bonds is 7. The molecule has 0 saturated heterocycles. The van der Waals surface area contributed by atoms with E-state index in [4.69, 9.17) is 4.74 Å². The number of benzene rings is 1. The first-order valence-electron chi connectivity index (χ1n) is 8.09. The van der Waals surface area contributed by atoms with Gasteiger partial charge in [0.1, 0.15) is 24.2 Å². The fourth-order valence-electron chi connectivity index (χ4n) is 2.18. The second kappa shape index (κ2) is 11.4. The van der Waals surface area contributed by atoms with Crippen LogP contribution in [0.3, 0.4) is 0 Å². The largest absolute Gasteiger partial charge is 0.487 e. The second-order valence-corrected chi connectivity index (χ2v) is 6.76. The van der Waals surface area contributed by atoms with Gasteiger partial charge in [0.05, 0.1) is 12.3 Å². The van der Waals surface area contributed by atoms with Crippen LogP contribution in [0.4, 0.5) is 0 Å². The number of ether oxygens (including phenoxy) is 1. The Morgan fingerprint density at radius 1 is 1.08 bits per heavy atom. The molecule has 0 radical (unpaired) electrons. The van der Waals surface area contributed by atoms with E-state index in [0.717, 1.165) is 5.56 Å². The number of pyridine rings is 1. The molecule has 2 rings (SSSR count). The summed E-state index contributed by atoms with van der Waals surface area (Å²) in [6, 6.07) is 13.3. The van der Waals surface area contributed by atoms with Crippen molar-refractivity contribution in [2.75, 3.05) is 6.54 Å². The van der Waals surface area contributed by atoms with Crippen LogP contribution >= 0.6 is 24.8 Å². The van der Waals surface area contributed by atoms with E-state index in [1.807, 2.05) is 51.1 Å². The van der Waals surface area contributed by atoms with E-state index < -0.39 is 6.10 Å². The number of halogens is 2. The Balaban J connectivity index is 0.00000312. The van der Waals surface area contributed by atoms with Crippen LogP contribution in [0.15, 0.2) is 42.5 Å². The number of aliphatic hydroxyl groups excluding tert-OH is 2. The number of nitrogens with one attached hydrogen (secondary N) is 1. The predicted molar refractivity (Wildman–Crippen MR) is 108 cm³/mol. The molecule has 0 amide bonds. The fraction of sp³-hybridized carbons (Fsp3) is 0.421. The van der Waals surface area contributed by atoms with Crippen LogP contribution in [0.1, 0.15) is 43.8 Å². The van der Waals surface area contributed by atoms with Crippen LogP contribution in [-0.4, -0.2) is 27.3 Å². The molecular formula is C19H28Cl2N2O3. The summed E-state index contributed by atoms with van der Waals surface area (Å²) in [6.45, 7) is 6.67. The third kappa shape index (κ3) is 7.89. The van der Waals surface area contributed by atoms with Crippen molar-refractivity contribution < 1.29 is 14.9 Å². The molecule has 0 bridgehead atoms. The number of hydrogen-bond donors (Lipinski definition) is 3. The molecular weight excluding hydrogens is 375 g/mol. The number of hydrogen-bond acceptors (Lipinski definition) is 5. The molecule has 0 aliphatic heterocycles. The zero-order chi connectivity index (χ0) is 17.6. The van der Waals surface area contributed by atoms with Gasteiger partial charge in [0, 0.05) is 12.1 Å². The lowest BCUT2D eigenvalue weighted by Crippen LogP contribution is -2.38. The van der Waals surface area contributed by atoms with Crippen molar-refractivity contribution in [2.24, 2.45) is 0 Å². The third-order valence-electron chi connectivity index (χ3n) is 3.51. The molecule has 146 valence electrons. The molecule has 1 unspecified atom stereocenters. The highest BCUT2D eigenvalue weighted by Crippen LogP contribution is 2.21. The summed E-state index contributed by atoms with van der Waals surface area (Å²) in [5.41, 5.74) is 1.90. The number of aromatic nitrogens is 1. The maximum atomic E-state index is 10.3. The highest BCUT2D eigenvalue weighted by molar-refractivity contribution is 5.85. The molecule has 5 nitrogen and oxygen atoms in total. The number of nitrogens with zero attached hydrogens (tertiary/aromatic N) is 1. The van der Waals surface area contributed by atoms with Gasteiger partial charge in [-0.05, 0) is 38.5 Å². The Kier molecular flexibility index (Phi) is 10.8. The Morgan fingerprint density at radius 2 is 1.73 bits per heavy atom. The van der Waals surface area contributed by atoms with Crippen molar-refractivity contribution >= 4 is 24.8 Å². The summed E-state index contributed by atoms with van der Waals surface area (Å²) in [5.74, 6) is 0.529. The molecule has 0 fully saturated rings. The van der Waals surface area contributed by atoms with Crippen LogP contribution in [0, 0.1) is 0 Å². The van der Waals surface area contributed by atoms with Gasteiger partial charge in [-0.1, -0.05) is 30.3 Å². The number of β-amino-alcohol motifs (C(OH)–C–C–N with tert-alkyl or cyclic N) is 1. The van der Waals surface area contributed by atoms with Crippen molar-refractivity contribution in [1.29, 1.82) is 0 Å². The van der Waals surface area contributed by atoms with E-state index in [9.17, 15) is 10.2 Å². The molecule has 0 saturated carbocycles. The van der Waals surface area contributed by atoms with E-state index in [-0.39, 0.29) is 37.0 Å². The Bertz CT molecular complexity index is 649. The van der Waals surface area contributed by atoms with Crippen LogP contribution in [0.5, 0.6) is 5.75 Å². The van der Waals surface area contributed by atoms with E-state index in [1.54, 1.807) is 12.1 Å². The molecule has 3 N–H and O–H groups in total. The minimum atomic E-state index is -0.738. The molecule has 26 heavy (non-hydrogen) atoms. The molecule has 1 atom stereocenters. The van der Waals surface area contributed by atoms with Crippen molar-refractivity contribution in [3.8, 4) is 5.75 Å². The zero-order valence-corrected chi connectivity index (χ0v) is 16.9. The number of aliphatic hydroxyl groups is 2. The average molecular weight is 403 g/mol. The van der Waals surface area contributed by atoms with Gasteiger partial charge < -0.3 is 20.3 Å². The van der Waals surface area contributed by atoms with Crippen LogP contribution < -0.4 is 10.1 Å². The SMILES string of the molecule is CC(C)(C)NCC(O)c1ccc(OCc2ccccc2)c(CO)n1.Cl.Cl. The summed E-state index contributed by atoms with van der Waals surface area (Å²) in [5, 5.41) is 23.0. The van der Waals surface area contributed by atoms with Crippen molar-refractivity contribution in [1.82, 2.24) is 10.3 Å². The first-order chi connectivity index (χ1) is 11.4. The lowest BCUT2D eigenvalue weighted by atomic mass is 10.1. The normalized spacial score (nSPS) is 11.9. The van der Waals surface area contributed by atoms with Gasteiger partial charge in [-0.3, -0.25) is 0 Å². The lowest BCUT2D eigenvalue weighted by molar-refractivity contribution is 0.157. The van der Waals surface area contributed by atoms with Gasteiger partial charge in [0.15, 0.2) is 0 Å². The van der Waals surface area contributed by atoms with Gasteiger partial charge in [-0.15, -0.1) is 24.8 Å². The Morgan fingerprint density at radius 3 is 2.31 bits per heavy atom. The van der Waals surface area contributed by atoms with Crippen molar-refractivity contribution in [3.05, 3.63) is 59.4 Å². The summed E-state index contributed by atoms with van der Waals surface area (Å²) in [4.78, 5) is 4.34. The minimum Gasteiger partial charge on any atom is -0.487 e. The smallest absolute Gasteiger partial charge is 0.143 e. The highest BCUT2D eigenvalue weighted by Gasteiger charge is 2.16. The first-order valence-corrected chi connectivity index (χ1v) is 8.09. The van der Waals surface area contributed by atoms with Gasteiger partial charge in [0.25, 0.3) is 0 Å². The summed E-state index contributed by atoms with van der Waals surface area (Å²) in [7, 11) is 0. The van der Waals surface area contributed by atoms with E-state index >= 15 is 0 Å². The van der Waals surface area contributed by atoms with Gasteiger partial charge in [-0.25, -0.2) is 4.98 Å². The van der Waals surface area contributed by atoms with Gasteiger partial charge in [-0.2, -0.15) is 0 Å². The standard InChI is InChI=1S/C19H26N2O3.2ClH/c1-19(2,3)20-11-17(23)15-9-10-18(16(12-22)21-15)24-13-14-7-5-4-6-8-14;;/h4-10,17,20,22-23H,11-13H2,1-3H3;2*1H. The average Bonchev–Trinajstić information content (AvgIpc) is 2.58. The third-order valence-corrected chi connectivity index (χ3v) is 3.51. The minimum absolute atomic E-state index is 0. The molecule has 1 aromatic carbocycles. The van der Waals surface area contributed by atoms with Crippen LogP contribution in [0.25, 0.3) is 0 Å². The Labute approximate surface area is 167 Å². The second-order valence-electron chi connectivity index (χ2n) is 6.76. The monoisotopic (exact) mass is 402 g/mol. The lowest BCUT2D eigenvalue weighted by Gasteiger charge is -2.23. The fourth-order valence-corrected chi connectivity index (χ4v) is 2.18. The molecule has 0 aliphatic rings. The van der Waals surface area contributed by atoms with Gasteiger partial charge >= 0.3 is 0 Å². The van der Waals surface area contributed by atoms with Crippen LogP contribution in [-0.2, 0) is 13.2 Å². The quantitative estimate of drug-likeness (QED) is 0.661. The maximum absolute atomic E-state index is 10.3. The topological polar surface area (TPSA) is 74.6 Å². The summed E-state index contributed by atoms with van der Waals surface area (Å²) >= 11 is 0. The van der Waals surface area contributed by atoms with Crippen LogP contribution in [0.2, 0.25) is 0 Å². The van der Waals surface area contributed by atoms with Gasteiger partial charge in [0.2, 0.25) is 0 Å². The summed E-state index contributed by atoms with van der Waals surface area (Å²) in [6.07, 6.45) is -0.738.